The van der Waals surface area contributed by atoms with Gasteiger partial charge in [0.25, 0.3) is 0 Å². The molecule has 2 saturated carbocycles. The minimum atomic E-state index is -0.109. The van der Waals surface area contributed by atoms with E-state index in [-0.39, 0.29) is 10.8 Å². The predicted molar refractivity (Wildman–Crippen MR) is 241 cm³/mol. The average molecular weight is 752 g/mol. The van der Waals surface area contributed by atoms with Gasteiger partial charge in [-0.25, -0.2) is 0 Å². The smallest absolute Gasteiger partial charge is 0.143 e. The number of hydrogen-bond acceptors (Lipinski definition) is 2. The third-order valence-corrected chi connectivity index (χ3v) is 15.2. The number of fused-ring (bicyclic) bond motifs is 14. The molecule has 0 aliphatic heterocycles. The standard InChI is InChI=1S/C56H49NO/c1-34-27-36-29-35(2)56(38(28-34)30-36)50-21-9-6-16-44(50)48-32-40(24-26-51(48)56)57(41-23-25-45-43-15-5-8-20-49(43)55(3,4)52(45)33-41)39-14-11-13-37(31-39)42-18-12-19-47-46-17-7-10-22-53(46)58-54(42)47/h5-26,31-36,38H,27-30H2,1-4H3/t34-,35+,36-,38-,56?/m0/s1. The van der Waals surface area contributed by atoms with E-state index in [1.165, 1.54) is 70.4 Å². The Hall–Kier alpha value is -5.86. The van der Waals surface area contributed by atoms with Gasteiger partial charge < -0.3 is 9.32 Å². The summed E-state index contributed by atoms with van der Waals surface area (Å²) in [6.07, 6.45) is 5.39. The molecule has 12 rings (SSSR count). The molecule has 1 heterocycles. The Labute approximate surface area is 342 Å². The Morgan fingerprint density at radius 2 is 1.16 bits per heavy atom. The van der Waals surface area contributed by atoms with E-state index < -0.39 is 0 Å². The van der Waals surface area contributed by atoms with Crippen molar-refractivity contribution in [1.29, 1.82) is 0 Å². The van der Waals surface area contributed by atoms with Crippen LogP contribution in [0.1, 0.15) is 75.6 Å². The SMILES string of the molecule is C[C@H]1C[C@@H]2C[C@H](C1)C1(c3ccccc3-c3cc(N(c4cccc(-c5cccc6c5oc5ccccc56)c4)c4ccc5c(c4)C(C)(C)c4ccccc4-5)ccc31)[C@H](C)C2. The first-order valence-corrected chi connectivity index (χ1v) is 21.6. The molecular weight excluding hydrogens is 703 g/mol. The highest BCUT2D eigenvalue weighted by Crippen LogP contribution is 2.65. The Kier molecular flexibility index (Phi) is 7.27. The van der Waals surface area contributed by atoms with Gasteiger partial charge in [-0.15, -0.1) is 0 Å². The highest BCUT2D eigenvalue weighted by molar-refractivity contribution is 6.09. The van der Waals surface area contributed by atoms with Crippen LogP contribution < -0.4 is 4.90 Å². The monoisotopic (exact) mass is 751 g/mol. The molecule has 0 saturated heterocycles. The lowest BCUT2D eigenvalue weighted by Crippen LogP contribution is -2.49. The molecule has 8 aromatic rings. The van der Waals surface area contributed by atoms with Crippen LogP contribution in [0.2, 0.25) is 0 Å². The Morgan fingerprint density at radius 3 is 2.03 bits per heavy atom. The van der Waals surface area contributed by atoms with Crippen LogP contribution in [0.15, 0.2) is 156 Å². The molecule has 1 unspecified atom stereocenters. The molecule has 1 aromatic heterocycles. The molecule has 5 atom stereocenters. The Balaban J connectivity index is 1.06. The van der Waals surface area contributed by atoms with Crippen molar-refractivity contribution in [3.05, 3.63) is 174 Å². The van der Waals surface area contributed by atoms with Crippen LogP contribution in [-0.2, 0) is 10.8 Å². The fourth-order valence-electron chi connectivity index (χ4n) is 12.9. The summed E-state index contributed by atoms with van der Waals surface area (Å²) >= 11 is 0. The third kappa shape index (κ3) is 4.66. The van der Waals surface area contributed by atoms with Crippen molar-refractivity contribution in [3.63, 3.8) is 0 Å². The van der Waals surface area contributed by atoms with E-state index in [0.29, 0.717) is 11.8 Å². The highest BCUT2D eigenvalue weighted by Gasteiger charge is 2.56. The summed E-state index contributed by atoms with van der Waals surface area (Å²) in [7, 11) is 0. The summed E-state index contributed by atoms with van der Waals surface area (Å²) in [5, 5.41) is 2.30. The number of nitrogens with zero attached hydrogens (tertiary/aromatic N) is 1. The summed E-state index contributed by atoms with van der Waals surface area (Å²) in [5.41, 5.74) is 19.0. The molecule has 2 heteroatoms. The van der Waals surface area contributed by atoms with Gasteiger partial charge in [0.2, 0.25) is 0 Å². The second-order valence-corrected chi connectivity index (χ2v) is 18.7. The van der Waals surface area contributed by atoms with E-state index in [2.05, 4.69) is 184 Å². The van der Waals surface area contributed by atoms with Gasteiger partial charge in [-0.2, -0.15) is 0 Å². The maximum atomic E-state index is 6.58. The summed E-state index contributed by atoms with van der Waals surface area (Å²) in [6, 6.07) is 57.1. The van der Waals surface area contributed by atoms with Gasteiger partial charge in [0.1, 0.15) is 11.2 Å². The lowest BCUT2D eigenvalue weighted by molar-refractivity contribution is 0.0426. The van der Waals surface area contributed by atoms with E-state index >= 15 is 0 Å². The van der Waals surface area contributed by atoms with Crippen LogP contribution in [0.4, 0.5) is 17.1 Å². The van der Waals surface area contributed by atoms with Crippen molar-refractivity contribution < 1.29 is 4.42 Å². The molecule has 284 valence electrons. The van der Waals surface area contributed by atoms with Crippen molar-refractivity contribution in [2.75, 3.05) is 4.90 Å². The van der Waals surface area contributed by atoms with E-state index in [9.17, 15) is 0 Å². The van der Waals surface area contributed by atoms with Crippen molar-refractivity contribution in [2.45, 2.75) is 64.2 Å². The largest absolute Gasteiger partial charge is 0.455 e. The molecule has 4 aliphatic carbocycles. The summed E-state index contributed by atoms with van der Waals surface area (Å²) in [5.74, 6) is 2.92. The van der Waals surface area contributed by atoms with Gasteiger partial charge in [-0.1, -0.05) is 137 Å². The number of benzene rings is 7. The van der Waals surface area contributed by atoms with Crippen LogP contribution in [-0.4, -0.2) is 0 Å². The average Bonchev–Trinajstić information content (AvgIpc) is 3.84. The summed E-state index contributed by atoms with van der Waals surface area (Å²) in [6.45, 7) is 9.84. The van der Waals surface area contributed by atoms with Gasteiger partial charge in [-0.3, -0.25) is 0 Å². The first-order valence-electron chi connectivity index (χ1n) is 21.6. The van der Waals surface area contributed by atoms with Crippen LogP contribution in [0.5, 0.6) is 0 Å². The van der Waals surface area contributed by atoms with Crippen LogP contribution >= 0.6 is 0 Å². The van der Waals surface area contributed by atoms with Gasteiger partial charge in [0.05, 0.1) is 0 Å². The number of anilines is 3. The molecule has 1 spiro atoms. The zero-order chi connectivity index (χ0) is 38.9. The fourth-order valence-corrected chi connectivity index (χ4v) is 12.9. The van der Waals surface area contributed by atoms with Crippen LogP contribution in [0.25, 0.3) is 55.3 Å². The minimum absolute atomic E-state index is 0.0645. The Bertz CT molecular complexity index is 2960. The number of furan rings is 1. The zero-order valence-corrected chi connectivity index (χ0v) is 33.9. The summed E-state index contributed by atoms with van der Waals surface area (Å²) in [4.78, 5) is 2.51. The van der Waals surface area contributed by atoms with E-state index in [0.717, 1.165) is 50.6 Å². The fraction of sp³-hybridized carbons (Fsp3) is 0.250. The molecule has 0 radical (unpaired) electrons. The quantitative estimate of drug-likeness (QED) is 0.178. The molecule has 2 nitrogen and oxygen atoms in total. The first-order chi connectivity index (χ1) is 28.3. The van der Waals surface area contributed by atoms with E-state index in [1.807, 2.05) is 0 Å². The highest BCUT2D eigenvalue weighted by atomic mass is 16.3. The van der Waals surface area contributed by atoms with Gasteiger partial charge in [0, 0.05) is 44.2 Å². The molecule has 0 amide bonds. The van der Waals surface area contributed by atoms with Gasteiger partial charge in [0.15, 0.2) is 0 Å². The molecule has 0 N–H and O–H groups in total. The second-order valence-electron chi connectivity index (χ2n) is 18.7. The van der Waals surface area contributed by atoms with E-state index in [4.69, 9.17) is 4.42 Å². The van der Waals surface area contributed by atoms with E-state index in [1.54, 1.807) is 11.1 Å². The van der Waals surface area contributed by atoms with Crippen LogP contribution in [0.3, 0.4) is 0 Å². The predicted octanol–water partition coefficient (Wildman–Crippen LogP) is 15.4. The van der Waals surface area contributed by atoms with Crippen molar-refractivity contribution in [1.82, 2.24) is 0 Å². The maximum Gasteiger partial charge on any atom is 0.143 e. The lowest BCUT2D eigenvalue weighted by Gasteiger charge is -2.54. The minimum Gasteiger partial charge on any atom is -0.455 e. The molecule has 4 aliphatic rings. The van der Waals surface area contributed by atoms with Crippen LogP contribution in [0, 0.1) is 23.7 Å². The molecule has 2 fully saturated rings. The number of hydrogen-bond donors (Lipinski definition) is 0. The molecule has 2 bridgehead atoms. The number of para-hydroxylation sites is 2. The topological polar surface area (TPSA) is 16.4 Å². The molecule has 7 aromatic carbocycles. The summed E-state index contributed by atoms with van der Waals surface area (Å²) < 4.78 is 6.58. The van der Waals surface area contributed by atoms with Gasteiger partial charge >= 0.3 is 0 Å². The van der Waals surface area contributed by atoms with Crippen molar-refractivity contribution in [2.24, 2.45) is 23.7 Å². The molecule has 58 heavy (non-hydrogen) atoms. The van der Waals surface area contributed by atoms with Gasteiger partial charge in [-0.05, 0) is 142 Å². The van der Waals surface area contributed by atoms with Crippen molar-refractivity contribution in [3.8, 4) is 33.4 Å². The number of rotatable bonds is 4. The Morgan fingerprint density at radius 1 is 0.500 bits per heavy atom. The second kappa shape index (κ2) is 12.3. The third-order valence-electron chi connectivity index (χ3n) is 15.2. The molecular formula is C56H49NO. The zero-order valence-electron chi connectivity index (χ0n) is 33.9. The normalized spacial score (nSPS) is 23.4. The van der Waals surface area contributed by atoms with Crippen molar-refractivity contribution >= 4 is 39.0 Å². The first kappa shape index (κ1) is 34.2. The maximum absolute atomic E-state index is 6.58. The lowest BCUT2D eigenvalue weighted by atomic mass is 9.49.